The van der Waals surface area contributed by atoms with Crippen LogP contribution in [0.15, 0.2) is 24.3 Å². The third-order valence-electron chi connectivity index (χ3n) is 2.44. The Hall–Kier alpha value is -1.84. The molecular formula is C13H17NO3. The molecule has 0 aliphatic rings. The minimum absolute atomic E-state index is 0.0600. The Bertz CT molecular complexity index is 398. The van der Waals surface area contributed by atoms with Crippen LogP contribution < -0.4 is 5.32 Å². The van der Waals surface area contributed by atoms with Gasteiger partial charge in [0.05, 0.1) is 6.54 Å². The molecule has 0 saturated carbocycles. The Kier molecular flexibility index (Phi) is 4.69. The van der Waals surface area contributed by atoms with E-state index in [1.807, 2.05) is 6.92 Å². The zero-order valence-corrected chi connectivity index (χ0v) is 10.1. The number of aromatic hydroxyl groups is 1. The fourth-order valence-electron chi connectivity index (χ4n) is 1.46. The van der Waals surface area contributed by atoms with Crippen LogP contribution in [-0.2, 0) is 16.0 Å². The molecule has 0 spiro atoms. The molecule has 1 aromatic rings. The van der Waals surface area contributed by atoms with Crippen LogP contribution in [0, 0.1) is 5.92 Å². The van der Waals surface area contributed by atoms with E-state index in [-0.39, 0.29) is 29.9 Å². The van der Waals surface area contributed by atoms with E-state index in [2.05, 4.69) is 5.32 Å². The molecule has 1 atom stereocenters. The van der Waals surface area contributed by atoms with Gasteiger partial charge < -0.3 is 10.4 Å². The summed E-state index contributed by atoms with van der Waals surface area (Å²) in [5.41, 5.74) is 0.980. The van der Waals surface area contributed by atoms with Crippen LogP contribution in [0.5, 0.6) is 5.75 Å². The van der Waals surface area contributed by atoms with Gasteiger partial charge in [0, 0.05) is 5.92 Å². The fourth-order valence-corrected chi connectivity index (χ4v) is 1.46. The molecule has 0 saturated heterocycles. The van der Waals surface area contributed by atoms with Gasteiger partial charge >= 0.3 is 0 Å². The van der Waals surface area contributed by atoms with Gasteiger partial charge in [-0.05, 0) is 31.0 Å². The minimum Gasteiger partial charge on any atom is -0.508 e. The second kappa shape index (κ2) is 6.03. The number of hydrogen-bond acceptors (Lipinski definition) is 3. The summed E-state index contributed by atoms with van der Waals surface area (Å²) >= 11 is 0. The number of amides is 1. The van der Waals surface area contributed by atoms with E-state index >= 15 is 0 Å². The maximum Gasteiger partial charge on any atom is 0.223 e. The maximum absolute atomic E-state index is 11.6. The lowest BCUT2D eigenvalue weighted by Gasteiger charge is -2.11. The van der Waals surface area contributed by atoms with Gasteiger partial charge in [-0.15, -0.1) is 0 Å². The first-order valence-electron chi connectivity index (χ1n) is 5.54. The van der Waals surface area contributed by atoms with Crippen LogP contribution in [0.25, 0.3) is 0 Å². The zero-order valence-electron chi connectivity index (χ0n) is 10.1. The van der Waals surface area contributed by atoms with E-state index in [0.29, 0.717) is 6.42 Å². The normalized spacial score (nSPS) is 11.9. The smallest absolute Gasteiger partial charge is 0.223 e. The highest BCUT2D eigenvalue weighted by atomic mass is 16.3. The third kappa shape index (κ3) is 4.68. The lowest BCUT2D eigenvalue weighted by atomic mass is 10.0. The van der Waals surface area contributed by atoms with Gasteiger partial charge in [0.25, 0.3) is 0 Å². The highest BCUT2D eigenvalue weighted by Gasteiger charge is 2.13. The van der Waals surface area contributed by atoms with Gasteiger partial charge in [0.1, 0.15) is 11.5 Å². The van der Waals surface area contributed by atoms with Gasteiger partial charge in [-0.2, -0.15) is 0 Å². The number of phenolic OH excluding ortho intramolecular Hbond substituents is 1. The fraction of sp³-hybridized carbons (Fsp3) is 0.385. The molecule has 0 aromatic heterocycles. The molecule has 0 aliphatic carbocycles. The summed E-state index contributed by atoms with van der Waals surface area (Å²) in [5.74, 6) is -0.176. The average Bonchev–Trinajstić information content (AvgIpc) is 2.28. The molecule has 92 valence electrons. The quantitative estimate of drug-likeness (QED) is 0.807. The van der Waals surface area contributed by atoms with Crippen molar-refractivity contribution in [3.05, 3.63) is 29.8 Å². The van der Waals surface area contributed by atoms with Crippen molar-refractivity contribution in [3.8, 4) is 5.75 Å². The minimum atomic E-state index is -0.195. The van der Waals surface area contributed by atoms with Crippen molar-refractivity contribution in [1.82, 2.24) is 5.32 Å². The zero-order chi connectivity index (χ0) is 12.8. The van der Waals surface area contributed by atoms with Crippen molar-refractivity contribution in [2.75, 3.05) is 6.54 Å². The Labute approximate surface area is 101 Å². The van der Waals surface area contributed by atoms with Crippen LogP contribution in [0.1, 0.15) is 19.4 Å². The summed E-state index contributed by atoms with van der Waals surface area (Å²) in [6.45, 7) is 3.33. The SMILES string of the molecule is CC(=O)CNC(=O)[C@H](C)Cc1ccc(O)cc1. The van der Waals surface area contributed by atoms with E-state index in [4.69, 9.17) is 5.11 Å². The van der Waals surface area contributed by atoms with Crippen LogP contribution >= 0.6 is 0 Å². The monoisotopic (exact) mass is 235 g/mol. The summed E-state index contributed by atoms with van der Waals surface area (Å²) < 4.78 is 0. The van der Waals surface area contributed by atoms with Crippen LogP contribution in [0.4, 0.5) is 0 Å². The molecule has 17 heavy (non-hydrogen) atoms. The first-order valence-corrected chi connectivity index (χ1v) is 5.54. The number of carbonyl (C=O) groups excluding carboxylic acids is 2. The maximum atomic E-state index is 11.6. The molecule has 0 heterocycles. The van der Waals surface area contributed by atoms with Crippen LogP contribution in [-0.4, -0.2) is 23.3 Å². The molecule has 1 aromatic carbocycles. The largest absolute Gasteiger partial charge is 0.508 e. The van der Waals surface area contributed by atoms with Crippen molar-refractivity contribution in [2.45, 2.75) is 20.3 Å². The summed E-state index contributed by atoms with van der Waals surface area (Å²) in [6, 6.07) is 6.75. The van der Waals surface area contributed by atoms with Crippen LogP contribution in [0.3, 0.4) is 0 Å². The second-order valence-electron chi connectivity index (χ2n) is 4.19. The third-order valence-corrected chi connectivity index (χ3v) is 2.44. The number of phenols is 1. The predicted octanol–water partition coefficient (Wildman–Crippen LogP) is 1.28. The Morgan fingerprint density at radius 1 is 1.29 bits per heavy atom. The Morgan fingerprint density at radius 2 is 1.88 bits per heavy atom. The molecule has 1 rings (SSSR count). The van der Waals surface area contributed by atoms with Gasteiger partial charge in [-0.25, -0.2) is 0 Å². The molecule has 0 fully saturated rings. The lowest BCUT2D eigenvalue weighted by Crippen LogP contribution is -2.33. The highest BCUT2D eigenvalue weighted by molar-refractivity contribution is 5.85. The van der Waals surface area contributed by atoms with E-state index in [9.17, 15) is 9.59 Å². The first kappa shape index (κ1) is 13.2. The van der Waals surface area contributed by atoms with Crippen molar-refractivity contribution in [2.24, 2.45) is 5.92 Å². The lowest BCUT2D eigenvalue weighted by molar-refractivity contribution is -0.127. The number of rotatable bonds is 5. The highest BCUT2D eigenvalue weighted by Crippen LogP contribution is 2.13. The van der Waals surface area contributed by atoms with Crippen molar-refractivity contribution in [3.63, 3.8) is 0 Å². The van der Waals surface area contributed by atoms with Crippen molar-refractivity contribution in [1.29, 1.82) is 0 Å². The molecule has 0 aliphatic heterocycles. The summed E-state index contributed by atoms with van der Waals surface area (Å²) in [6.07, 6.45) is 0.587. The second-order valence-corrected chi connectivity index (χ2v) is 4.19. The molecule has 0 unspecified atom stereocenters. The van der Waals surface area contributed by atoms with Crippen molar-refractivity contribution < 1.29 is 14.7 Å². The number of benzene rings is 1. The summed E-state index contributed by atoms with van der Waals surface area (Å²) in [7, 11) is 0. The molecule has 0 radical (unpaired) electrons. The molecule has 4 nitrogen and oxygen atoms in total. The first-order chi connectivity index (χ1) is 7.99. The van der Waals surface area contributed by atoms with Crippen molar-refractivity contribution >= 4 is 11.7 Å². The predicted molar refractivity (Wildman–Crippen MR) is 64.7 cm³/mol. The van der Waals surface area contributed by atoms with E-state index in [1.54, 1.807) is 24.3 Å². The van der Waals surface area contributed by atoms with Gasteiger partial charge in [0.15, 0.2) is 0 Å². The molecular weight excluding hydrogens is 218 g/mol. The number of nitrogens with one attached hydrogen (secondary N) is 1. The number of carbonyl (C=O) groups is 2. The van der Waals surface area contributed by atoms with E-state index < -0.39 is 0 Å². The number of Topliss-reactive ketones (excluding diaryl/α,β-unsaturated/α-hetero) is 1. The average molecular weight is 235 g/mol. The van der Waals surface area contributed by atoms with Gasteiger partial charge in [0.2, 0.25) is 5.91 Å². The Morgan fingerprint density at radius 3 is 2.41 bits per heavy atom. The molecule has 4 heteroatoms. The van der Waals surface area contributed by atoms with Crippen LogP contribution in [0.2, 0.25) is 0 Å². The van der Waals surface area contributed by atoms with Gasteiger partial charge in [-0.1, -0.05) is 19.1 Å². The summed E-state index contributed by atoms with van der Waals surface area (Å²) in [4.78, 5) is 22.3. The number of hydrogen-bond donors (Lipinski definition) is 2. The van der Waals surface area contributed by atoms with E-state index in [1.165, 1.54) is 6.92 Å². The molecule has 0 bridgehead atoms. The summed E-state index contributed by atoms with van der Waals surface area (Å²) in [5, 5.41) is 11.7. The standard InChI is InChI=1S/C13H17NO3/c1-9(13(17)14-8-10(2)15)7-11-3-5-12(16)6-4-11/h3-6,9,16H,7-8H2,1-2H3,(H,14,17)/t9-/m1/s1. The topological polar surface area (TPSA) is 66.4 Å². The van der Waals surface area contributed by atoms with E-state index in [0.717, 1.165) is 5.56 Å². The number of ketones is 1. The molecule has 2 N–H and O–H groups in total. The molecule has 1 amide bonds. The van der Waals surface area contributed by atoms with Gasteiger partial charge in [-0.3, -0.25) is 9.59 Å². The Balaban J connectivity index is 2.48.